The van der Waals surface area contributed by atoms with Gasteiger partial charge in [0, 0.05) is 30.9 Å². The average Bonchev–Trinajstić information content (AvgIpc) is 3.23. The molecule has 31 heavy (non-hydrogen) atoms. The number of nitrogens with zero attached hydrogens (tertiary/aromatic N) is 3. The van der Waals surface area contributed by atoms with Crippen LogP contribution >= 0.6 is 0 Å². The highest BCUT2D eigenvalue weighted by molar-refractivity contribution is 5.79. The lowest BCUT2D eigenvalue weighted by atomic mass is 9.88. The van der Waals surface area contributed by atoms with Gasteiger partial charge in [0.05, 0.1) is 0 Å². The van der Waals surface area contributed by atoms with Crippen molar-refractivity contribution in [2.24, 2.45) is 11.8 Å². The van der Waals surface area contributed by atoms with Crippen molar-refractivity contribution in [2.75, 3.05) is 26.2 Å². The maximum atomic E-state index is 13.1. The molecular formula is C26H31N3O2. The number of carbonyl (C=O) groups is 1. The van der Waals surface area contributed by atoms with Crippen molar-refractivity contribution in [1.82, 2.24) is 15.0 Å². The molecule has 0 saturated carbocycles. The van der Waals surface area contributed by atoms with E-state index >= 15 is 0 Å². The van der Waals surface area contributed by atoms with Crippen molar-refractivity contribution < 1.29 is 9.32 Å². The molecule has 0 aliphatic carbocycles. The predicted octanol–water partition coefficient (Wildman–Crippen LogP) is 4.52. The standard InChI is InChI=1S/C26H31N3O2/c30-26(29-16-10-21(11-17-29)18-20-6-2-1-3-7-20)22-12-14-28(15-13-22)19-24-23-8-4-5-9-25(23)31-27-24/h1-9,21-22H,10-19H2. The van der Waals surface area contributed by atoms with E-state index in [2.05, 4.69) is 51.4 Å². The van der Waals surface area contributed by atoms with Gasteiger partial charge >= 0.3 is 0 Å². The summed E-state index contributed by atoms with van der Waals surface area (Å²) in [5, 5.41) is 5.36. The summed E-state index contributed by atoms with van der Waals surface area (Å²) in [6.45, 7) is 4.52. The molecule has 1 aromatic heterocycles. The van der Waals surface area contributed by atoms with Crippen LogP contribution < -0.4 is 0 Å². The van der Waals surface area contributed by atoms with E-state index in [0.29, 0.717) is 11.8 Å². The minimum Gasteiger partial charge on any atom is -0.356 e. The molecule has 1 amide bonds. The first-order chi connectivity index (χ1) is 15.3. The van der Waals surface area contributed by atoms with E-state index in [-0.39, 0.29) is 5.92 Å². The molecule has 3 heterocycles. The van der Waals surface area contributed by atoms with Crippen LogP contribution in [-0.2, 0) is 17.8 Å². The van der Waals surface area contributed by atoms with Crippen LogP contribution in [0.25, 0.3) is 11.0 Å². The van der Waals surface area contributed by atoms with Gasteiger partial charge < -0.3 is 9.42 Å². The summed E-state index contributed by atoms with van der Waals surface area (Å²) in [5.74, 6) is 1.26. The number of hydrogen-bond acceptors (Lipinski definition) is 4. The second-order valence-corrected chi connectivity index (χ2v) is 9.13. The number of carbonyl (C=O) groups excluding carboxylic acids is 1. The van der Waals surface area contributed by atoms with Gasteiger partial charge in [0.1, 0.15) is 5.69 Å². The Morgan fingerprint density at radius 3 is 2.39 bits per heavy atom. The average molecular weight is 418 g/mol. The van der Waals surface area contributed by atoms with Gasteiger partial charge in [0.2, 0.25) is 5.91 Å². The zero-order valence-corrected chi connectivity index (χ0v) is 18.1. The zero-order valence-electron chi connectivity index (χ0n) is 18.1. The minimum atomic E-state index is 0.177. The maximum absolute atomic E-state index is 13.1. The van der Waals surface area contributed by atoms with Gasteiger partial charge in [-0.15, -0.1) is 0 Å². The molecule has 2 aliphatic heterocycles. The highest BCUT2D eigenvalue weighted by Crippen LogP contribution is 2.27. The van der Waals surface area contributed by atoms with Crippen LogP contribution in [0, 0.1) is 11.8 Å². The van der Waals surface area contributed by atoms with Crippen molar-refractivity contribution in [3.8, 4) is 0 Å². The first-order valence-corrected chi connectivity index (χ1v) is 11.6. The second-order valence-electron chi connectivity index (χ2n) is 9.13. The number of piperidine rings is 2. The van der Waals surface area contributed by atoms with Gasteiger partial charge in [0.25, 0.3) is 0 Å². The Labute approximate surface area is 184 Å². The van der Waals surface area contributed by atoms with Crippen LogP contribution in [-0.4, -0.2) is 47.0 Å². The van der Waals surface area contributed by atoms with E-state index in [1.807, 2.05) is 18.2 Å². The molecule has 5 heteroatoms. The lowest BCUT2D eigenvalue weighted by Crippen LogP contribution is -2.45. The summed E-state index contributed by atoms with van der Waals surface area (Å²) in [4.78, 5) is 17.6. The Morgan fingerprint density at radius 2 is 1.61 bits per heavy atom. The Kier molecular flexibility index (Phi) is 6.03. The maximum Gasteiger partial charge on any atom is 0.225 e. The number of para-hydroxylation sites is 1. The molecule has 0 N–H and O–H groups in total. The first-order valence-electron chi connectivity index (χ1n) is 11.6. The number of benzene rings is 2. The van der Waals surface area contributed by atoms with Crippen molar-refractivity contribution in [3.05, 3.63) is 65.9 Å². The molecule has 5 nitrogen and oxygen atoms in total. The molecule has 2 aromatic carbocycles. The van der Waals surface area contributed by atoms with E-state index in [1.165, 1.54) is 5.56 Å². The fourth-order valence-electron chi connectivity index (χ4n) is 5.17. The Hall–Kier alpha value is -2.66. The van der Waals surface area contributed by atoms with E-state index in [0.717, 1.165) is 81.5 Å². The lowest BCUT2D eigenvalue weighted by molar-refractivity contribution is -0.138. The highest BCUT2D eigenvalue weighted by Gasteiger charge is 2.31. The third-order valence-electron chi connectivity index (χ3n) is 7.06. The van der Waals surface area contributed by atoms with E-state index in [1.54, 1.807) is 0 Å². The quantitative estimate of drug-likeness (QED) is 0.612. The van der Waals surface area contributed by atoms with E-state index < -0.39 is 0 Å². The van der Waals surface area contributed by atoms with Gasteiger partial charge in [-0.3, -0.25) is 9.69 Å². The molecule has 5 rings (SSSR count). The topological polar surface area (TPSA) is 49.6 Å². The summed E-state index contributed by atoms with van der Waals surface area (Å²) >= 11 is 0. The fraction of sp³-hybridized carbons (Fsp3) is 0.462. The summed E-state index contributed by atoms with van der Waals surface area (Å²) in [5.41, 5.74) is 3.26. The Morgan fingerprint density at radius 1 is 0.903 bits per heavy atom. The zero-order chi connectivity index (χ0) is 21.0. The monoisotopic (exact) mass is 417 g/mol. The smallest absolute Gasteiger partial charge is 0.225 e. The molecule has 0 atom stereocenters. The largest absolute Gasteiger partial charge is 0.356 e. The molecule has 0 radical (unpaired) electrons. The molecule has 3 aromatic rings. The number of likely N-dealkylation sites (tertiary alicyclic amines) is 2. The van der Waals surface area contributed by atoms with Crippen LogP contribution in [0.1, 0.15) is 36.9 Å². The van der Waals surface area contributed by atoms with Crippen molar-refractivity contribution >= 4 is 16.9 Å². The SMILES string of the molecule is O=C(C1CCN(Cc2noc3ccccc23)CC1)N1CCC(Cc2ccccc2)CC1. The first kappa shape index (κ1) is 20.3. The molecule has 0 spiro atoms. The van der Waals surface area contributed by atoms with Gasteiger partial charge in [-0.2, -0.15) is 0 Å². The van der Waals surface area contributed by atoms with Gasteiger partial charge in [-0.25, -0.2) is 0 Å². The Balaban J connectivity index is 1.09. The third-order valence-corrected chi connectivity index (χ3v) is 7.06. The van der Waals surface area contributed by atoms with Crippen molar-refractivity contribution in [3.63, 3.8) is 0 Å². The summed E-state index contributed by atoms with van der Waals surface area (Å²) in [6, 6.07) is 18.8. The fourth-order valence-corrected chi connectivity index (χ4v) is 5.17. The molecule has 162 valence electrons. The van der Waals surface area contributed by atoms with Gasteiger partial charge in [0.15, 0.2) is 5.58 Å². The minimum absolute atomic E-state index is 0.177. The highest BCUT2D eigenvalue weighted by atomic mass is 16.5. The molecule has 2 saturated heterocycles. The number of hydrogen-bond donors (Lipinski definition) is 0. The molecule has 0 unspecified atom stereocenters. The predicted molar refractivity (Wildman–Crippen MR) is 121 cm³/mol. The van der Waals surface area contributed by atoms with Crippen molar-refractivity contribution in [2.45, 2.75) is 38.6 Å². The number of aromatic nitrogens is 1. The van der Waals surface area contributed by atoms with Crippen molar-refractivity contribution in [1.29, 1.82) is 0 Å². The number of fused-ring (bicyclic) bond motifs is 1. The summed E-state index contributed by atoms with van der Waals surface area (Å²) < 4.78 is 5.44. The molecule has 0 bridgehead atoms. The van der Waals surface area contributed by atoms with Crippen LogP contribution in [0.4, 0.5) is 0 Å². The summed E-state index contributed by atoms with van der Waals surface area (Å²) in [6.07, 6.45) is 5.27. The van der Waals surface area contributed by atoms with Crippen LogP contribution in [0.2, 0.25) is 0 Å². The third kappa shape index (κ3) is 4.67. The van der Waals surface area contributed by atoms with Crippen LogP contribution in [0.3, 0.4) is 0 Å². The molecule has 2 aliphatic rings. The Bertz CT molecular complexity index is 1000. The van der Waals surface area contributed by atoms with Crippen LogP contribution in [0.5, 0.6) is 0 Å². The number of amides is 1. The molecular weight excluding hydrogens is 386 g/mol. The normalized spacial score (nSPS) is 19.2. The van der Waals surface area contributed by atoms with Gasteiger partial charge in [-0.1, -0.05) is 47.6 Å². The second kappa shape index (κ2) is 9.23. The molecule has 2 fully saturated rings. The van der Waals surface area contributed by atoms with Crippen LogP contribution in [0.15, 0.2) is 59.1 Å². The number of rotatable bonds is 5. The summed E-state index contributed by atoms with van der Waals surface area (Å²) in [7, 11) is 0. The van der Waals surface area contributed by atoms with E-state index in [9.17, 15) is 4.79 Å². The van der Waals surface area contributed by atoms with Gasteiger partial charge in [-0.05, 0) is 68.8 Å². The van der Waals surface area contributed by atoms with E-state index in [4.69, 9.17) is 4.52 Å². The lowest BCUT2D eigenvalue weighted by Gasteiger charge is -2.37.